The van der Waals surface area contributed by atoms with E-state index in [9.17, 15) is 4.39 Å². The summed E-state index contributed by atoms with van der Waals surface area (Å²) in [6.07, 6.45) is 1.52. The van der Waals surface area contributed by atoms with Gasteiger partial charge in [0.25, 0.3) is 0 Å². The summed E-state index contributed by atoms with van der Waals surface area (Å²) in [5.74, 6) is 0.199. The average molecular weight is 302 g/mol. The number of benzene rings is 1. The molecule has 94 valence electrons. The second-order valence-corrected chi connectivity index (χ2v) is 5.10. The zero-order valence-corrected chi connectivity index (χ0v) is 11.5. The van der Waals surface area contributed by atoms with Gasteiger partial charge < -0.3 is 10.5 Å². The summed E-state index contributed by atoms with van der Waals surface area (Å²) in [4.78, 5) is 0. The van der Waals surface area contributed by atoms with Gasteiger partial charge in [0.2, 0.25) is 0 Å². The van der Waals surface area contributed by atoms with Crippen molar-refractivity contribution in [2.75, 3.05) is 6.61 Å². The molecule has 0 saturated heterocycles. The second kappa shape index (κ2) is 6.77. The molecule has 1 aromatic carbocycles. The van der Waals surface area contributed by atoms with Gasteiger partial charge in [-0.2, -0.15) is 0 Å². The van der Waals surface area contributed by atoms with Crippen LogP contribution < -0.4 is 10.5 Å². The summed E-state index contributed by atoms with van der Waals surface area (Å²) in [6.45, 7) is 5.99. The van der Waals surface area contributed by atoms with Crippen LogP contribution >= 0.6 is 15.9 Å². The minimum Gasteiger partial charge on any atom is -0.488 e. The summed E-state index contributed by atoms with van der Waals surface area (Å²) in [5.41, 5.74) is 6.70. The summed E-state index contributed by atoms with van der Waals surface area (Å²) in [6, 6.07) is 4.72. The number of hydrogen-bond acceptors (Lipinski definition) is 2. The fraction of sp³-hybridized carbons (Fsp3) is 0.385. The normalized spacial score (nSPS) is 12.2. The molecule has 0 fully saturated rings. The van der Waals surface area contributed by atoms with Gasteiger partial charge in [-0.05, 0) is 30.5 Å². The van der Waals surface area contributed by atoms with Crippen molar-refractivity contribution in [2.45, 2.75) is 25.8 Å². The van der Waals surface area contributed by atoms with E-state index in [-0.39, 0.29) is 11.9 Å². The molecule has 17 heavy (non-hydrogen) atoms. The largest absolute Gasteiger partial charge is 0.488 e. The van der Waals surface area contributed by atoms with Gasteiger partial charge in [0.15, 0.2) is 0 Å². The van der Waals surface area contributed by atoms with E-state index in [0.29, 0.717) is 23.3 Å². The molecule has 1 atom stereocenters. The van der Waals surface area contributed by atoms with Crippen molar-refractivity contribution in [3.63, 3.8) is 0 Å². The Balaban J connectivity index is 2.75. The summed E-state index contributed by atoms with van der Waals surface area (Å²) in [5, 5.41) is 0. The maximum Gasteiger partial charge on any atom is 0.127 e. The Hall–Kier alpha value is -0.870. The lowest BCUT2D eigenvalue weighted by Crippen LogP contribution is -2.21. The topological polar surface area (TPSA) is 35.2 Å². The van der Waals surface area contributed by atoms with Crippen LogP contribution in [0, 0.1) is 5.82 Å². The molecule has 1 aromatic rings. The van der Waals surface area contributed by atoms with Crippen molar-refractivity contribution in [1.82, 2.24) is 0 Å². The predicted molar refractivity (Wildman–Crippen MR) is 71.9 cm³/mol. The molecule has 0 spiro atoms. The van der Waals surface area contributed by atoms with Crippen LogP contribution in [0.25, 0.3) is 0 Å². The number of halogens is 2. The molecule has 2 nitrogen and oxygen atoms in total. The molecule has 0 aliphatic heterocycles. The fourth-order valence-electron chi connectivity index (χ4n) is 1.43. The molecule has 0 saturated carbocycles. The number of nitrogens with two attached hydrogens (primary N) is 1. The Kier molecular flexibility index (Phi) is 5.65. The molecule has 0 radical (unpaired) electrons. The first-order chi connectivity index (χ1) is 8.01. The van der Waals surface area contributed by atoms with E-state index in [1.807, 2.05) is 13.0 Å². The van der Waals surface area contributed by atoms with Gasteiger partial charge in [0.05, 0.1) is 0 Å². The highest BCUT2D eigenvalue weighted by Gasteiger charge is 2.06. The zero-order chi connectivity index (χ0) is 12.8. The van der Waals surface area contributed by atoms with E-state index in [0.717, 1.165) is 12.0 Å². The van der Waals surface area contributed by atoms with Crippen molar-refractivity contribution in [3.05, 3.63) is 40.6 Å². The summed E-state index contributed by atoms with van der Waals surface area (Å²) in [7, 11) is 0. The van der Waals surface area contributed by atoms with Gasteiger partial charge in [-0.25, -0.2) is 4.39 Å². The molecule has 0 heterocycles. The Bertz CT molecular complexity index is 395. The molecular weight excluding hydrogens is 285 g/mol. The number of ether oxygens (including phenoxy) is 1. The van der Waals surface area contributed by atoms with Crippen molar-refractivity contribution in [1.29, 1.82) is 0 Å². The number of hydrogen-bond donors (Lipinski definition) is 1. The minimum atomic E-state index is -0.305. The van der Waals surface area contributed by atoms with Gasteiger partial charge in [-0.3, -0.25) is 0 Å². The first kappa shape index (κ1) is 14.2. The molecule has 1 rings (SSSR count). The van der Waals surface area contributed by atoms with Gasteiger partial charge >= 0.3 is 0 Å². The van der Waals surface area contributed by atoms with Crippen LogP contribution in [0.2, 0.25) is 0 Å². The molecule has 0 aliphatic carbocycles. The van der Waals surface area contributed by atoms with Crippen LogP contribution in [0.3, 0.4) is 0 Å². The van der Waals surface area contributed by atoms with E-state index < -0.39 is 0 Å². The maximum absolute atomic E-state index is 13.4. The third-order valence-corrected chi connectivity index (χ3v) is 2.58. The Morgan fingerprint density at radius 2 is 2.24 bits per heavy atom. The summed E-state index contributed by atoms with van der Waals surface area (Å²) >= 11 is 3.19. The molecule has 0 aromatic heterocycles. The average Bonchev–Trinajstić information content (AvgIpc) is 2.25. The molecule has 2 N–H and O–H groups in total. The van der Waals surface area contributed by atoms with Gasteiger partial charge in [-0.15, -0.1) is 0 Å². The van der Waals surface area contributed by atoms with E-state index >= 15 is 0 Å². The fourth-order valence-corrected chi connectivity index (χ4v) is 1.55. The van der Waals surface area contributed by atoms with Gasteiger partial charge in [0.1, 0.15) is 18.2 Å². The second-order valence-electron chi connectivity index (χ2n) is 3.97. The lowest BCUT2D eigenvalue weighted by atomic mass is 10.0. The Labute approximate surface area is 110 Å². The smallest absolute Gasteiger partial charge is 0.127 e. The van der Waals surface area contributed by atoms with Crippen LogP contribution in [0.1, 0.15) is 18.9 Å². The van der Waals surface area contributed by atoms with Crippen LogP contribution in [0.4, 0.5) is 4.39 Å². The first-order valence-corrected chi connectivity index (χ1v) is 6.31. The van der Waals surface area contributed by atoms with Crippen molar-refractivity contribution >= 4 is 15.9 Å². The molecule has 0 aliphatic rings. The standard InChI is InChI=1S/C13H17BrFNO/c1-3-12(16)5-10-4-11(15)7-13(6-10)17-8-9(2)14/h4,6-7,12H,2-3,5,8,16H2,1H3. The van der Waals surface area contributed by atoms with Crippen LogP contribution in [-0.4, -0.2) is 12.6 Å². The molecule has 0 amide bonds. The van der Waals surface area contributed by atoms with Crippen molar-refractivity contribution in [3.8, 4) is 5.75 Å². The summed E-state index contributed by atoms with van der Waals surface area (Å²) < 4.78 is 19.4. The predicted octanol–water partition coefficient (Wildman–Crippen LogP) is 3.39. The number of rotatable bonds is 6. The van der Waals surface area contributed by atoms with E-state index in [1.165, 1.54) is 12.1 Å². The van der Waals surface area contributed by atoms with E-state index in [4.69, 9.17) is 10.5 Å². The molecule has 4 heteroatoms. The van der Waals surface area contributed by atoms with Crippen molar-refractivity contribution in [2.24, 2.45) is 5.73 Å². The van der Waals surface area contributed by atoms with E-state index in [1.54, 1.807) is 0 Å². The minimum absolute atomic E-state index is 0.0517. The highest BCUT2D eigenvalue weighted by Crippen LogP contribution is 2.19. The highest BCUT2D eigenvalue weighted by molar-refractivity contribution is 9.11. The Morgan fingerprint density at radius 1 is 1.53 bits per heavy atom. The van der Waals surface area contributed by atoms with Crippen LogP contribution in [-0.2, 0) is 6.42 Å². The first-order valence-electron chi connectivity index (χ1n) is 5.52. The quantitative estimate of drug-likeness (QED) is 0.874. The Morgan fingerprint density at radius 3 is 2.82 bits per heavy atom. The lowest BCUT2D eigenvalue weighted by molar-refractivity contribution is 0.358. The van der Waals surface area contributed by atoms with Gasteiger partial charge in [0, 0.05) is 16.6 Å². The lowest BCUT2D eigenvalue weighted by Gasteiger charge is -2.11. The van der Waals surface area contributed by atoms with Gasteiger partial charge in [-0.1, -0.05) is 29.4 Å². The van der Waals surface area contributed by atoms with Crippen LogP contribution in [0.15, 0.2) is 29.3 Å². The van der Waals surface area contributed by atoms with E-state index in [2.05, 4.69) is 22.5 Å². The maximum atomic E-state index is 13.4. The molecular formula is C13H17BrFNO. The van der Waals surface area contributed by atoms with Crippen molar-refractivity contribution < 1.29 is 9.13 Å². The molecule has 1 unspecified atom stereocenters. The highest BCUT2D eigenvalue weighted by atomic mass is 79.9. The monoisotopic (exact) mass is 301 g/mol. The zero-order valence-electron chi connectivity index (χ0n) is 9.88. The third-order valence-electron chi connectivity index (χ3n) is 2.35. The SMILES string of the molecule is C=C(Br)COc1cc(F)cc(CC(N)CC)c1. The van der Waals surface area contributed by atoms with Crippen LogP contribution in [0.5, 0.6) is 5.75 Å². The molecule has 0 bridgehead atoms. The third kappa shape index (κ3) is 5.33.